The van der Waals surface area contributed by atoms with E-state index in [2.05, 4.69) is 5.32 Å². The Hall–Kier alpha value is -2.77. The third kappa shape index (κ3) is 4.94. The Morgan fingerprint density at radius 2 is 1.68 bits per heavy atom. The van der Waals surface area contributed by atoms with Crippen LogP contribution in [0.1, 0.15) is 18.9 Å². The molecule has 3 aromatic rings. The van der Waals surface area contributed by atoms with Gasteiger partial charge in [-0.1, -0.05) is 0 Å². The van der Waals surface area contributed by atoms with E-state index in [1.807, 2.05) is 49.4 Å². The van der Waals surface area contributed by atoms with E-state index in [1.165, 1.54) is 0 Å². The molecule has 1 aromatic carbocycles. The van der Waals surface area contributed by atoms with Crippen molar-refractivity contribution in [2.45, 2.75) is 25.9 Å². The maximum atomic E-state index is 11.8. The Balaban J connectivity index is 0.000000264. The smallest absolute Gasteiger partial charge is 0.239 e. The summed E-state index contributed by atoms with van der Waals surface area (Å²) in [5.74, 6) is 1.45. The number of rotatable bonds is 7. The Morgan fingerprint density at radius 3 is 2.07 bits per heavy atom. The third-order valence-corrected chi connectivity index (χ3v) is 4.47. The van der Waals surface area contributed by atoms with Crippen LogP contribution >= 0.6 is 0 Å². The van der Waals surface area contributed by atoms with E-state index in [-0.39, 0.29) is 11.9 Å². The number of hydrogen-bond donors (Lipinski definition) is 1. The fourth-order valence-electron chi connectivity index (χ4n) is 3.12. The van der Waals surface area contributed by atoms with Gasteiger partial charge in [0.15, 0.2) is 0 Å². The molecule has 1 amide bonds. The van der Waals surface area contributed by atoms with Gasteiger partial charge >= 0.3 is 0 Å². The predicted octanol–water partition coefficient (Wildman–Crippen LogP) is 3.22. The number of furan rings is 2. The molecule has 0 radical (unpaired) electrons. The zero-order valence-electron chi connectivity index (χ0n) is 16.4. The molecule has 1 atom stereocenters. The monoisotopic (exact) mass is 386 g/mol. The molecule has 1 N–H and O–H groups in total. The average Bonchev–Trinajstić information content (AvgIpc) is 3.46. The van der Waals surface area contributed by atoms with E-state index in [0.717, 1.165) is 34.6 Å². The van der Waals surface area contributed by atoms with E-state index in [0.29, 0.717) is 19.7 Å². The molecule has 28 heavy (non-hydrogen) atoms. The molecule has 2 aromatic heterocycles. The molecule has 7 nitrogen and oxygen atoms in total. The summed E-state index contributed by atoms with van der Waals surface area (Å²) >= 11 is 0. The van der Waals surface area contributed by atoms with E-state index in [1.54, 1.807) is 19.3 Å². The van der Waals surface area contributed by atoms with Crippen LogP contribution in [-0.2, 0) is 16.2 Å². The standard InChI is InChI=1S/C15H22N2O4.C6H4O/c1-4-21-17(14-5-6-16-15(14)18)10-11-7-12(19-2)9-13(8-11)20-3;1-2-6-4-3-5(1)7-6/h7-9,14H,4-6,10H2,1-3H3,(H,16,18);1-4H. The molecule has 0 saturated carbocycles. The van der Waals surface area contributed by atoms with Crippen molar-refractivity contribution in [1.82, 2.24) is 10.4 Å². The average molecular weight is 386 g/mol. The normalized spacial score (nSPS) is 16.1. The SMILES string of the molecule is CCON(Cc1cc(OC)cc(OC)c1)C1CCNC1=O.c1cc2ccc1o2. The minimum absolute atomic E-state index is 0.0123. The number of carbonyl (C=O) groups is 1. The lowest BCUT2D eigenvalue weighted by molar-refractivity contribution is -0.190. The highest BCUT2D eigenvalue weighted by molar-refractivity contribution is 5.83. The fourth-order valence-corrected chi connectivity index (χ4v) is 3.12. The van der Waals surface area contributed by atoms with Crippen LogP contribution in [0.4, 0.5) is 0 Å². The van der Waals surface area contributed by atoms with Crippen LogP contribution in [0.15, 0.2) is 46.9 Å². The maximum Gasteiger partial charge on any atom is 0.239 e. The Labute approximate surface area is 164 Å². The van der Waals surface area contributed by atoms with E-state index in [4.69, 9.17) is 18.7 Å². The number of hydrogen-bond acceptors (Lipinski definition) is 6. The highest BCUT2D eigenvalue weighted by Gasteiger charge is 2.31. The van der Waals surface area contributed by atoms with Crippen LogP contribution in [-0.4, -0.2) is 44.4 Å². The summed E-state index contributed by atoms with van der Waals surface area (Å²) in [4.78, 5) is 17.5. The summed E-state index contributed by atoms with van der Waals surface area (Å²) in [5.41, 5.74) is 2.91. The van der Waals surface area contributed by atoms with Crippen LogP contribution in [0.2, 0.25) is 0 Å². The van der Waals surface area contributed by atoms with E-state index in [9.17, 15) is 4.79 Å². The number of nitrogens with one attached hydrogen (secondary N) is 1. The van der Waals surface area contributed by atoms with E-state index < -0.39 is 0 Å². The van der Waals surface area contributed by atoms with Gasteiger partial charge in [0.05, 0.1) is 27.4 Å². The minimum atomic E-state index is -0.248. The van der Waals surface area contributed by atoms with Gasteiger partial charge in [-0.2, -0.15) is 5.06 Å². The molecule has 1 saturated heterocycles. The first-order valence-corrected chi connectivity index (χ1v) is 9.30. The summed E-state index contributed by atoms with van der Waals surface area (Å²) in [5, 5.41) is 4.56. The molecule has 7 heteroatoms. The largest absolute Gasteiger partial charge is 0.497 e. The lowest BCUT2D eigenvalue weighted by Gasteiger charge is -2.25. The Bertz CT molecular complexity index is 811. The Kier molecular flexibility index (Phi) is 6.73. The molecule has 150 valence electrons. The van der Waals surface area contributed by atoms with Gasteiger partial charge in [0, 0.05) is 12.6 Å². The summed E-state index contributed by atoms with van der Waals surface area (Å²) in [6.07, 6.45) is 0.750. The second-order valence-electron chi connectivity index (χ2n) is 6.38. The topological polar surface area (TPSA) is 73.2 Å². The number of nitrogens with zero attached hydrogens (tertiary/aromatic N) is 1. The summed E-state index contributed by atoms with van der Waals surface area (Å²) < 4.78 is 15.6. The molecule has 2 bridgehead atoms. The van der Waals surface area contributed by atoms with Crippen molar-refractivity contribution in [1.29, 1.82) is 0 Å². The van der Waals surface area contributed by atoms with Gasteiger partial charge in [-0.25, -0.2) is 0 Å². The van der Waals surface area contributed by atoms with E-state index >= 15 is 0 Å². The minimum Gasteiger partial charge on any atom is -0.497 e. The Morgan fingerprint density at radius 1 is 1.07 bits per heavy atom. The number of fused-ring (bicyclic) bond motifs is 2. The zero-order chi connectivity index (χ0) is 19.9. The summed E-state index contributed by atoms with van der Waals surface area (Å²) in [7, 11) is 3.23. The van der Waals surface area contributed by atoms with Crippen molar-refractivity contribution in [3.05, 3.63) is 48.0 Å². The second kappa shape index (κ2) is 9.43. The molecule has 1 fully saturated rings. The first-order valence-electron chi connectivity index (χ1n) is 9.30. The molecule has 1 unspecified atom stereocenters. The second-order valence-corrected chi connectivity index (χ2v) is 6.38. The highest BCUT2D eigenvalue weighted by Crippen LogP contribution is 2.24. The van der Waals surface area contributed by atoms with Crippen LogP contribution in [0.3, 0.4) is 0 Å². The number of carbonyl (C=O) groups excluding carboxylic acids is 1. The van der Waals surface area contributed by atoms with Gasteiger partial charge in [-0.15, -0.1) is 0 Å². The lowest BCUT2D eigenvalue weighted by atomic mass is 10.1. The van der Waals surface area contributed by atoms with Crippen molar-refractivity contribution in [3.63, 3.8) is 0 Å². The van der Waals surface area contributed by atoms with Gasteiger partial charge in [0.2, 0.25) is 5.91 Å². The first kappa shape index (κ1) is 20.0. The molecule has 3 heterocycles. The summed E-state index contributed by atoms with van der Waals surface area (Å²) in [6.45, 7) is 3.62. The molecule has 4 rings (SSSR count). The molecule has 1 aliphatic rings. The van der Waals surface area contributed by atoms with Crippen LogP contribution in [0.25, 0.3) is 11.2 Å². The van der Waals surface area contributed by atoms with Crippen LogP contribution in [0.5, 0.6) is 11.5 Å². The number of methoxy groups -OCH3 is 2. The number of hydroxylamine groups is 2. The van der Waals surface area contributed by atoms with Gasteiger partial charge in [0.1, 0.15) is 28.7 Å². The van der Waals surface area contributed by atoms with Crippen LogP contribution in [0, 0.1) is 0 Å². The first-order chi connectivity index (χ1) is 13.6. The molecular weight excluding hydrogens is 360 g/mol. The van der Waals surface area contributed by atoms with Crippen molar-refractivity contribution in [3.8, 4) is 11.5 Å². The maximum absolute atomic E-state index is 11.8. The van der Waals surface area contributed by atoms with Crippen molar-refractivity contribution in [2.75, 3.05) is 27.4 Å². The molecular formula is C21H26N2O5. The number of amides is 1. The lowest BCUT2D eigenvalue weighted by Crippen LogP contribution is -2.40. The van der Waals surface area contributed by atoms with Crippen molar-refractivity contribution < 1.29 is 23.5 Å². The summed E-state index contributed by atoms with van der Waals surface area (Å²) in [6, 6.07) is 13.2. The van der Waals surface area contributed by atoms with Gasteiger partial charge in [-0.3, -0.25) is 9.63 Å². The zero-order valence-corrected chi connectivity index (χ0v) is 16.4. The molecule has 0 aliphatic carbocycles. The van der Waals surface area contributed by atoms with Crippen LogP contribution < -0.4 is 14.8 Å². The quantitative estimate of drug-likeness (QED) is 0.629. The third-order valence-electron chi connectivity index (χ3n) is 4.47. The number of benzene rings is 2. The number of ether oxygens (including phenoxy) is 2. The highest BCUT2D eigenvalue weighted by atomic mass is 16.7. The van der Waals surface area contributed by atoms with Gasteiger partial charge in [0.25, 0.3) is 0 Å². The van der Waals surface area contributed by atoms with Gasteiger partial charge in [-0.05, 0) is 55.3 Å². The van der Waals surface area contributed by atoms with Gasteiger partial charge < -0.3 is 19.2 Å². The van der Waals surface area contributed by atoms with Crippen molar-refractivity contribution >= 4 is 17.1 Å². The molecule has 0 spiro atoms. The molecule has 1 aliphatic heterocycles. The van der Waals surface area contributed by atoms with Crippen molar-refractivity contribution in [2.24, 2.45) is 0 Å². The fraction of sp³-hybridized carbons (Fsp3) is 0.381. The predicted molar refractivity (Wildman–Crippen MR) is 106 cm³/mol.